The Morgan fingerprint density at radius 3 is 0.586 bits per heavy atom. The highest BCUT2D eigenvalue weighted by molar-refractivity contribution is 7.91. The van der Waals surface area contributed by atoms with E-state index >= 15 is 0 Å². The largest absolute Gasteiger partial charge is 0.229 e. The molecule has 430 valence electrons. The molecule has 0 aromatic heterocycles. The Labute approximate surface area is 468 Å². The Balaban J connectivity index is -0.000000335. The van der Waals surface area contributed by atoms with E-state index in [0.29, 0.717) is 0 Å². The summed E-state index contributed by atoms with van der Waals surface area (Å²) in [5, 5.41) is 0. The molecular weight excluding hydrogens is 981 g/mol. The first kappa shape index (κ1) is 45.9. The predicted molar refractivity (Wildman–Crippen MR) is 311 cm³/mol. The van der Waals surface area contributed by atoms with Crippen LogP contribution in [0.15, 0.2) is 0 Å². The SMILES string of the molecule is [2H]C(C(C)(C)C)(C(C)(C)C)C([2H])([2H])S(C)(=O)=O.[2H]C(C(C)(C)C)(C(C)(C)C)C([2H])([2H])S(C)(=O)=O.[2H]C(C([2H])(C(C)(C)C)C(C)(C)C)S(=O)(=O)C([2H])([2H])[2H].[2H]C([2H])S(=O)(=O)C([2H])([2H])C([2H])(C(C)(C)C)C(C)(C)C.[2H]CS(=O)(=O)C([2H])([2H])C([2H])(C(C)(C)C)C(C)(C)C. The summed E-state index contributed by atoms with van der Waals surface area (Å²) in [6.45, 7) is 49.9. The molecule has 10 nitrogen and oxygen atoms in total. The number of sulfone groups is 5. The molecule has 15 heteroatoms. The van der Waals surface area contributed by atoms with Crippen molar-refractivity contribution in [3.63, 3.8) is 0 Å². The van der Waals surface area contributed by atoms with E-state index in [1.165, 1.54) is 0 Å². The van der Waals surface area contributed by atoms with Crippen molar-refractivity contribution in [2.45, 2.75) is 208 Å². The molecule has 0 rings (SSSR count). The van der Waals surface area contributed by atoms with Crippen molar-refractivity contribution >= 4 is 49.2 Å². The van der Waals surface area contributed by atoms with Crippen LogP contribution in [0, 0.1) is 83.6 Å². The summed E-state index contributed by atoms with van der Waals surface area (Å²) in [6.07, 6.45) is -4.96. The summed E-state index contributed by atoms with van der Waals surface area (Å²) < 4.78 is 275. The van der Waals surface area contributed by atoms with Crippen LogP contribution in [0.1, 0.15) is 235 Å². The maximum Gasteiger partial charge on any atom is 0.147 e. The molecule has 0 saturated carbocycles. The van der Waals surface area contributed by atoms with Crippen LogP contribution in [0.5, 0.6) is 0 Å². The van der Waals surface area contributed by atoms with Crippen LogP contribution in [0.2, 0.25) is 0 Å². The molecule has 1 unspecified atom stereocenters. The minimum Gasteiger partial charge on any atom is -0.229 e. The zero-order chi connectivity index (χ0) is 76.4. The molecule has 1 atom stereocenters. The molecular formula is C55H120O10S5. The molecule has 0 spiro atoms. The Morgan fingerprint density at radius 1 is 0.300 bits per heavy atom. The van der Waals surface area contributed by atoms with Gasteiger partial charge in [0.2, 0.25) is 0 Å². The van der Waals surface area contributed by atoms with Gasteiger partial charge < -0.3 is 0 Å². The lowest BCUT2D eigenvalue weighted by molar-refractivity contribution is 0.123. The Bertz CT molecular complexity index is 2810. The van der Waals surface area contributed by atoms with E-state index in [2.05, 4.69) is 0 Å². The minimum absolute atomic E-state index is 0.808. The predicted octanol–water partition coefficient (Wildman–Crippen LogP) is 13.7. The van der Waals surface area contributed by atoms with Gasteiger partial charge in [0.15, 0.2) is 0 Å². The normalized spacial score (nSPS) is 21.3. The zero-order valence-electron chi connectivity index (χ0n) is 70.0. The molecule has 0 amide bonds. The van der Waals surface area contributed by atoms with E-state index < -0.39 is 180 Å². The number of hydrogen-bond donors (Lipinski definition) is 0. The molecule has 0 aliphatic carbocycles. The molecule has 0 aromatic carbocycles. The van der Waals surface area contributed by atoms with E-state index in [-0.39, 0.29) is 0 Å². The van der Waals surface area contributed by atoms with Crippen molar-refractivity contribution in [2.75, 3.05) is 59.7 Å². The second-order valence-corrected chi connectivity index (χ2v) is 35.7. The van der Waals surface area contributed by atoms with Crippen LogP contribution in [-0.2, 0) is 49.2 Å². The molecule has 0 saturated heterocycles. The molecule has 0 aliphatic rings. The maximum atomic E-state index is 12.0. The minimum atomic E-state index is -4.72. The smallest absolute Gasteiger partial charge is 0.147 e. The van der Waals surface area contributed by atoms with Gasteiger partial charge in [-0.2, -0.15) is 0 Å². The topological polar surface area (TPSA) is 171 Å². The van der Waals surface area contributed by atoms with E-state index in [0.717, 1.165) is 12.5 Å². The van der Waals surface area contributed by atoms with Gasteiger partial charge >= 0.3 is 0 Å². The second-order valence-electron chi connectivity index (χ2n) is 28.2. The molecule has 0 N–H and O–H groups in total. The third kappa shape index (κ3) is 42.0. The van der Waals surface area contributed by atoms with E-state index in [1.807, 2.05) is 0 Å². The maximum absolute atomic E-state index is 12.0. The Kier molecular flexibility index (Phi) is 17.2. The molecule has 0 radical (unpaired) electrons. The van der Waals surface area contributed by atoms with Gasteiger partial charge in [-0.05, 0) is 83.6 Å². The summed E-state index contributed by atoms with van der Waals surface area (Å²) in [6, 6.07) is 0. The van der Waals surface area contributed by atoms with Gasteiger partial charge in [0.05, 0.1) is 28.5 Å². The fourth-order valence-corrected chi connectivity index (χ4v) is 12.8. The second kappa shape index (κ2) is 26.2. The van der Waals surface area contributed by atoms with Crippen molar-refractivity contribution in [3.8, 4) is 0 Å². The van der Waals surface area contributed by atoms with Gasteiger partial charge in [0.1, 0.15) is 49.2 Å². The van der Waals surface area contributed by atoms with Crippen molar-refractivity contribution in [1.82, 2.24) is 0 Å². The van der Waals surface area contributed by atoms with Crippen LogP contribution in [0.3, 0.4) is 0 Å². The number of rotatable bonds is 10. The summed E-state index contributed by atoms with van der Waals surface area (Å²) in [5.74, 6) is -9.13. The van der Waals surface area contributed by atoms with Crippen LogP contribution in [0.4, 0.5) is 0 Å². The summed E-state index contributed by atoms with van der Waals surface area (Å²) in [7, 11) is -21.7. The standard InChI is InChI=1S/5C11H24O2S/c5*1-10(2,3)9(11(4,5)6)8-14(7,12)13/h5*9H,8H2,1-7H3/i7D3,8D,9D;7D2,8D2,9D;7D,8D2,9D;2*8D2,9D. The summed E-state index contributed by atoms with van der Waals surface area (Å²) in [5.41, 5.74) is -21.7. The number of hydrogen-bond acceptors (Lipinski definition) is 10. The van der Waals surface area contributed by atoms with Crippen molar-refractivity contribution < 1.29 is 69.5 Å². The fourth-order valence-electron chi connectivity index (χ4n) is 8.03. The molecule has 0 aliphatic heterocycles. The van der Waals surface area contributed by atoms with Crippen molar-refractivity contribution in [1.29, 1.82) is 0 Å². The first-order chi connectivity index (χ1) is 37.4. The fraction of sp³-hybridized carbons (Fsp3) is 1.00. The zero-order valence-corrected chi connectivity index (χ0v) is 54.1. The van der Waals surface area contributed by atoms with Crippen LogP contribution in [-0.4, -0.2) is 102 Å². The third-order valence-corrected chi connectivity index (χ3v) is 11.7. The van der Waals surface area contributed by atoms with Gasteiger partial charge in [-0.1, -0.05) is 208 Å². The highest BCUT2D eigenvalue weighted by atomic mass is 32.2. The summed E-state index contributed by atoms with van der Waals surface area (Å²) >= 11 is 0. The van der Waals surface area contributed by atoms with Gasteiger partial charge in [-0.15, -0.1) is 0 Å². The lowest BCUT2D eigenvalue weighted by Crippen LogP contribution is -2.37. The Morgan fingerprint density at radius 2 is 0.471 bits per heavy atom. The van der Waals surface area contributed by atoms with Crippen LogP contribution in [0.25, 0.3) is 0 Å². The molecule has 0 heterocycles. The average Bonchev–Trinajstić information content (AvgIpc) is 3.22. The van der Waals surface area contributed by atoms with E-state index in [9.17, 15) is 42.1 Å². The van der Waals surface area contributed by atoms with E-state index in [4.69, 9.17) is 27.4 Å². The Hall–Kier alpha value is -0.250. The summed E-state index contributed by atoms with van der Waals surface area (Å²) in [4.78, 5) is 0. The quantitative estimate of drug-likeness (QED) is 0.205. The third-order valence-electron chi connectivity index (χ3n) is 8.97. The molecule has 70 heavy (non-hydrogen) atoms. The van der Waals surface area contributed by atoms with Crippen molar-refractivity contribution in [3.05, 3.63) is 0 Å². The van der Waals surface area contributed by atoms with Gasteiger partial charge in [0, 0.05) is 58.6 Å². The van der Waals surface area contributed by atoms with Crippen molar-refractivity contribution in [2.24, 2.45) is 83.6 Å². The highest BCUT2D eigenvalue weighted by Crippen LogP contribution is 2.44. The monoisotopic (exact) mass is 1120 g/mol. The van der Waals surface area contributed by atoms with Crippen LogP contribution >= 0.6 is 0 Å². The van der Waals surface area contributed by atoms with E-state index in [1.54, 1.807) is 208 Å². The lowest BCUT2D eigenvalue weighted by atomic mass is 9.68. The van der Waals surface area contributed by atoms with Gasteiger partial charge in [-0.3, -0.25) is 0 Å². The highest BCUT2D eigenvalue weighted by Gasteiger charge is 2.41. The van der Waals surface area contributed by atoms with Crippen LogP contribution < -0.4 is 0 Å². The molecule has 0 bridgehead atoms. The van der Waals surface area contributed by atoms with Gasteiger partial charge in [0.25, 0.3) is 0 Å². The molecule has 0 aromatic rings. The lowest BCUT2D eigenvalue weighted by Gasteiger charge is -2.40. The van der Waals surface area contributed by atoms with Gasteiger partial charge in [-0.25, -0.2) is 42.1 Å². The average molecular weight is 1120 g/mol. The first-order valence-electron chi connectivity index (χ1n) is 33.5. The first-order valence-corrected chi connectivity index (χ1v) is 31.6. The molecule has 0 fully saturated rings.